The van der Waals surface area contributed by atoms with E-state index in [9.17, 15) is 18.0 Å². The van der Waals surface area contributed by atoms with Crippen LogP contribution in [-0.2, 0) is 21.3 Å². The van der Waals surface area contributed by atoms with Crippen LogP contribution in [0.3, 0.4) is 0 Å². The molecule has 3 fully saturated rings. The first kappa shape index (κ1) is 36.6. The zero-order chi connectivity index (χ0) is 37.9. The Morgan fingerprint density at radius 1 is 0.944 bits per heavy atom. The zero-order valence-electron chi connectivity index (χ0n) is 31.9. The number of nitrogens with zero attached hydrogens (tertiary/aromatic N) is 4. The van der Waals surface area contributed by atoms with E-state index in [0.717, 1.165) is 89.7 Å². The minimum absolute atomic E-state index is 0.0831. The van der Waals surface area contributed by atoms with E-state index in [4.69, 9.17) is 14.5 Å². The molecule has 1 saturated heterocycles. The number of fused-ring (bicyclic) bond motifs is 5. The monoisotopic (exact) mass is 753 g/mol. The van der Waals surface area contributed by atoms with E-state index in [1.54, 1.807) is 27.0 Å². The molecule has 1 N–H and O–H groups in total. The molecule has 54 heavy (non-hydrogen) atoms. The second kappa shape index (κ2) is 14.3. The number of nitrogens with one attached hydrogen (secondary N) is 1. The van der Waals surface area contributed by atoms with Crippen LogP contribution in [0.25, 0.3) is 33.8 Å². The molecule has 4 aromatic rings. The van der Waals surface area contributed by atoms with Crippen LogP contribution in [0.5, 0.6) is 5.75 Å². The molecule has 8 rings (SSSR count). The zero-order valence-corrected chi connectivity index (χ0v) is 32.7. The van der Waals surface area contributed by atoms with Crippen LogP contribution in [-0.4, -0.2) is 76.9 Å². The number of methoxy groups -OCH3 is 1. The number of imidazole rings is 1. The molecule has 12 heteroatoms. The number of carbonyl (C=O) groups is 2. The van der Waals surface area contributed by atoms with Crippen molar-refractivity contribution in [2.24, 2.45) is 0 Å². The molecule has 0 unspecified atom stereocenters. The fourth-order valence-corrected chi connectivity index (χ4v) is 9.52. The number of hydrogen-bond donors (Lipinski definition) is 1. The lowest BCUT2D eigenvalue weighted by Gasteiger charge is -2.35. The number of amides is 2. The average Bonchev–Trinajstić information content (AvgIpc) is 3.63. The standard InChI is InChI=1S/C42H51N5O6S/c1-25(2)54(50,51)44-41(48)29-14-16-35-36(20-29)46-23-31(18-30-19-33(52-5)15-17-34(30)40(46)37(35)28-10-7-6-8-11-28)39-38(43-24-47(39)32-12-9-13-32)42(49)45-21-26(3)53-27(4)22-45/h14-20,24-28,32H,6-13,21-23H2,1-5H3,(H,44,48)/t26-,27+. The number of hydrogen-bond acceptors (Lipinski definition) is 7. The van der Waals surface area contributed by atoms with Gasteiger partial charge in [-0.05, 0) is 119 Å². The van der Waals surface area contributed by atoms with E-state index in [-0.39, 0.29) is 29.7 Å². The lowest BCUT2D eigenvalue weighted by molar-refractivity contribution is -0.0587. The van der Waals surface area contributed by atoms with Crippen LogP contribution in [0.2, 0.25) is 0 Å². The fraction of sp³-hybridized carbons (Fsp3) is 0.500. The Kier molecular flexibility index (Phi) is 9.71. The summed E-state index contributed by atoms with van der Waals surface area (Å²) >= 11 is 0. The summed E-state index contributed by atoms with van der Waals surface area (Å²) in [4.78, 5) is 34.8. The Morgan fingerprint density at radius 2 is 1.69 bits per heavy atom. The smallest absolute Gasteiger partial charge is 0.274 e. The van der Waals surface area contributed by atoms with Gasteiger partial charge in [-0.3, -0.25) is 9.59 Å². The molecular weight excluding hydrogens is 703 g/mol. The largest absolute Gasteiger partial charge is 0.497 e. The van der Waals surface area contributed by atoms with Gasteiger partial charge >= 0.3 is 0 Å². The van der Waals surface area contributed by atoms with E-state index < -0.39 is 21.2 Å². The quantitative estimate of drug-likeness (QED) is 0.197. The Morgan fingerprint density at radius 3 is 2.35 bits per heavy atom. The molecule has 2 amide bonds. The van der Waals surface area contributed by atoms with Crippen molar-refractivity contribution in [3.05, 3.63) is 70.8 Å². The number of allylic oxidation sites excluding steroid dienone is 1. The summed E-state index contributed by atoms with van der Waals surface area (Å²) in [5, 5.41) is 0.304. The number of benzene rings is 2. The third kappa shape index (κ3) is 6.55. The first-order valence-corrected chi connectivity index (χ1v) is 21.1. The topological polar surface area (TPSA) is 125 Å². The third-order valence-electron chi connectivity index (χ3n) is 11.9. The van der Waals surface area contributed by atoms with E-state index in [1.165, 1.54) is 12.0 Å². The van der Waals surface area contributed by atoms with Crippen molar-refractivity contribution in [3.8, 4) is 17.0 Å². The molecule has 0 bridgehead atoms. The number of rotatable bonds is 8. The molecule has 2 aromatic carbocycles. The van der Waals surface area contributed by atoms with E-state index in [0.29, 0.717) is 31.2 Å². The minimum Gasteiger partial charge on any atom is -0.497 e. The van der Waals surface area contributed by atoms with Gasteiger partial charge < -0.3 is 23.5 Å². The van der Waals surface area contributed by atoms with Gasteiger partial charge in [0, 0.05) is 41.2 Å². The summed E-state index contributed by atoms with van der Waals surface area (Å²) in [5.74, 6) is 0.295. The van der Waals surface area contributed by atoms with Gasteiger partial charge in [-0.25, -0.2) is 18.1 Å². The van der Waals surface area contributed by atoms with Crippen molar-refractivity contribution in [2.75, 3.05) is 20.2 Å². The normalized spacial score (nSPS) is 20.9. The SMILES string of the molecule is COc1ccc2c(c1)C=C(c1c(C(=O)N3C[C@@H](C)O[C@@H](C)C3)ncn1C1CCC1)Cn1c-2c(C2CCCCC2)c2ccc(C(=O)NS(=O)(=O)C(C)C)cc21. The Hall–Kier alpha value is -4.42. The summed E-state index contributed by atoms with van der Waals surface area (Å²) in [6.07, 6.45) is 12.7. The Bertz CT molecular complexity index is 2250. The van der Waals surface area contributed by atoms with Crippen molar-refractivity contribution in [1.82, 2.24) is 23.7 Å². The van der Waals surface area contributed by atoms with Crippen molar-refractivity contribution >= 4 is 44.4 Å². The molecule has 2 aromatic heterocycles. The van der Waals surface area contributed by atoms with Gasteiger partial charge in [-0.2, -0.15) is 0 Å². The fourth-order valence-electron chi connectivity index (χ4n) is 8.90. The van der Waals surface area contributed by atoms with Crippen LogP contribution >= 0.6 is 0 Å². The summed E-state index contributed by atoms with van der Waals surface area (Å²) in [5.41, 5.74) is 7.70. The molecule has 0 radical (unpaired) electrons. The molecular formula is C42H51N5O6S. The minimum atomic E-state index is -3.84. The van der Waals surface area contributed by atoms with Crippen LogP contribution in [0.1, 0.15) is 129 Å². The van der Waals surface area contributed by atoms with Crippen LogP contribution in [0, 0.1) is 0 Å². The number of ether oxygens (including phenoxy) is 2. The number of carbonyl (C=O) groups excluding carboxylic acids is 2. The van der Waals surface area contributed by atoms with Gasteiger partial charge in [0.25, 0.3) is 11.8 Å². The predicted octanol–water partition coefficient (Wildman–Crippen LogP) is 7.56. The molecule has 11 nitrogen and oxygen atoms in total. The molecule has 0 spiro atoms. The highest BCUT2D eigenvalue weighted by molar-refractivity contribution is 7.90. The highest BCUT2D eigenvalue weighted by atomic mass is 32.2. The van der Waals surface area contributed by atoms with Gasteiger partial charge in [0.05, 0.1) is 48.8 Å². The average molecular weight is 754 g/mol. The second-order valence-corrected chi connectivity index (χ2v) is 18.2. The maximum absolute atomic E-state index is 14.5. The van der Waals surface area contributed by atoms with Crippen LogP contribution < -0.4 is 9.46 Å². The first-order chi connectivity index (χ1) is 25.9. The Balaban J connectivity index is 1.35. The van der Waals surface area contributed by atoms with Gasteiger partial charge in [-0.1, -0.05) is 25.3 Å². The molecule has 2 atom stereocenters. The maximum Gasteiger partial charge on any atom is 0.274 e. The summed E-state index contributed by atoms with van der Waals surface area (Å²) in [7, 11) is -2.17. The second-order valence-electron chi connectivity index (χ2n) is 16.0. The van der Waals surface area contributed by atoms with E-state index in [2.05, 4.69) is 32.1 Å². The number of aromatic nitrogens is 3. The van der Waals surface area contributed by atoms with Crippen molar-refractivity contribution in [3.63, 3.8) is 0 Å². The lowest BCUT2D eigenvalue weighted by atomic mass is 9.81. The maximum atomic E-state index is 14.5. The number of sulfonamides is 1. The summed E-state index contributed by atoms with van der Waals surface area (Å²) < 4.78 is 44.1. The first-order valence-electron chi connectivity index (χ1n) is 19.6. The Labute approximate surface area is 317 Å². The van der Waals surface area contributed by atoms with Gasteiger partial charge in [0.2, 0.25) is 10.0 Å². The number of morpholine rings is 1. The van der Waals surface area contributed by atoms with Gasteiger partial charge in [0.1, 0.15) is 5.75 Å². The molecule has 4 heterocycles. The van der Waals surface area contributed by atoms with Crippen LogP contribution in [0.15, 0.2) is 42.7 Å². The molecule has 2 saturated carbocycles. The van der Waals surface area contributed by atoms with E-state index in [1.807, 2.05) is 43.3 Å². The highest BCUT2D eigenvalue weighted by Crippen LogP contribution is 2.48. The lowest BCUT2D eigenvalue weighted by Crippen LogP contribution is -2.48. The molecule has 2 aliphatic carbocycles. The van der Waals surface area contributed by atoms with Gasteiger partial charge in [-0.15, -0.1) is 0 Å². The highest BCUT2D eigenvalue weighted by Gasteiger charge is 2.36. The van der Waals surface area contributed by atoms with Crippen molar-refractivity contribution < 1.29 is 27.5 Å². The third-order valence-corrected chi connectivity index (χ3v) is 13.6. The molecule has 2 aliphatic heterocycles. The van der Waals surface area contributed by atoms with Crippen molar-refractivity contribution in [1.29, 1.82) is 0 Å². The summed E-state index contributed by atoms with van der Waals surface area (Å²) in [6.45, 7) is 8.50. The molecule has 4 aliphatic rings. The molecule has 286 valence electrons. The summed E-state index contributed by atoms with van der Waals surface area (Å²) in [6, 6.07) is 12.0. The van der Waals surface area contributed by atoms with E-state index >= 15 is 0 Å². The van der Waals surface area contributed by atoms with Crippen LogP contribution in [0.4, 0.5) is 0 Å². The van der Waals surface area contributed by atoms with Gasteiger partial charge in [0.15, 0.2) is 5.69 Å². The predicted molar refractivity (Wildman–Crippen MR) is 210 cm³/mol. The van der Waals surface area contributed by atoms with Crippen molar-refractivity contribution in [2.45, 2.75) is 115 Å².